The van der Waals surface area contributed by atoms with E-state index in [2.05, 4.69) is 15.9 Å². The summed E-state index contributed by atoms with van der Waals surface area (Å²) in [6, 6.07) is 10.1. The zero-order valence-electron chi connectivity index (χ0n) is 9.75. The van der Waals surface area contributed by atoms with E-state index >= 15 is 0 Å². The Labute approximate surface area is 119 Å². The number of rotatable bonds is 2. The minimum absolute atomic E-state index is 0.329. The summed E-state index contributed by atoms with van der Waals surface area (Å²) >= 11 is 9.22. The summed E-state index contributed by atoms with van der Waals surface area (Å²) in [5.41, 5.74) is 8.30. The maximum absolute atomic E-state index is 14.0. The summed E-state index contributed by atoms with van der Waals surface area (Å²) in [6.07, 6.45) is 0. The molecule has 0 saturated carbocycles. The molecule has 2 N–H and O–H groups in total. The van der Waals surface area contributed by atoms with Crippen molar-refractivity contribution in [2.45, 2.75) is 13.0 Å². The number of nitrogens with two attached hydrogens (primary N) is 1. The molecule has 18 heavy (non-hydrogen) atoms. The summed E-state index contributed by atoms with van der Waals surface area (Å²) < 4.78 is 14.4. The highest BCUT2D eigenvalue weighted by atomic mass is 79.9. The Kier molecular flexibility index (Phi) is 4.05. The topological polar surface area (TPSA) is 26.0 Å². The standard InChI is InChI=1S/C14H12BrClFN/c1-8-9(4-3-7-12(8)16)14(18)10-5-2-6-11(15)13(10)17/h2-7,14H,18H2,1H3. The van der Waals surface area contributed by atoms with E-state index in [4.69, 9.17) is 17.3 Å². The average Bonchev–Trinajstić information content (AvgIpc) is 2.35. The lowest BCUT2D eigenvalue weighted by Crippen LogP contribution is -2.15. The van der Waals surface area contributed by atoms with Gasteiger partial charge in [-0.05, 0) is 46.1 Å². The molecule has 0 fully saturated rings. The fourth-order valence-electron chi connectivity index (χ4n) is 1.89. The van der Waals surface area contributed by atoms with Gasteiger partial charge in [-0.15, -0.1) is 0 Å². The van der Waals surface area contributed by atoms with Crippen LogP contribution in [0.5, 0.6) is 0 Å². The largest absolute Gasteiger partial charge is 0.320 e. The second-order valence-corrected chi connectivity index (χ2v) is 5.34. The highest BCUT2D eigenvalue weighted by Gasteiger charge is 2.17. The van der Waals surface area contributed by atoms with Crippen molar-refractivity contribution >= 4 is 27.5 Å². The van der Waals surface area contributed by atoms with E-state index in [1.54, 1.807) is 24.3 Å². The molecule has 0 aliphatic carbocycles. The van der Waals surface area contributed by atoms with Crippen LogP contribution in [0.25, 0.3) is 0 Å². The summed E-state index contributed by atoms with van der Waals surface area (Å²) in [6.45, 7) is 1.88. The first-order chi connectivity index (χ1) is 8.52. The third-order valence-corrected chi connectivity index (χ3v) is 3.98. The van der Waals surface area contributed by atoms with E-state index < -0.39 is 6.04 Å². The van der Waals surface area contributed by atoms with Gasteiger partial charge in [0.15, 0.2) is 0 Å². The molecule has 1 atom stereocenters. The van der Waals surface area contributed by atoms with Crippen LogP contribution in [0, 0.1) is 12.7 Å². The van der Waals surface area contributed by atoms with Crippen molar-refractivity contribution in [3.8, 4) is 0 Å². The van der Waals surface area contributed by atoms with Crippen molar-refractivity contribution in [2.24, 2.45) is 5.73 Å². The summed E-state index contributed by atoms with van der Waals surface area (Å²) in [7, 11) is 0. The van der Waals surface area contributed by atoms with Crippen LogP contribution in [0.15, 0.2) is 40.9 Å². The molecule has 2 rings (SSSR count). The Balaban J connectivity index is 2.51. The Morgan fingerprint density at radius 3 is 2.50 bits per heavy atom. The quantitative estimate of drug-likeness (QED) is 0.856. The van der Waals surface area contributed by atoms with Crippen LogP contribution < -0.4 is 5.73 Å². The molecule has 94 valence electrons. The van der Waals surface area contributed by atoms with E-state index in [0.29, 0.717) is 15.1 Å². The van der Waals surface area contributed by atoms with Gasteiger partial charge >= 0.3 is 0 Å². The summed E-state index contributed by atoms with van der Waals surface area (Å²) in [5, 5.41) is 0.637. The molecule has 0 aliphatic heterocycles. The van der Waals surface area contributed by atoms with Crippen molar-refractivity contribution in [1.82, 2.24) is 0 Å². The van der Waals surface area contributed by atoms with Crippen LogP contribution in [-0.4, -0.2) is 0 Å². The van der Waals surface area contributed by atoms with Gasteiger partial charge in [-0.2, -0.15) is 0 Å². The van der Waals surface area contributed by atoms with Gasteiger partial charge in [0.2, 0.25) is 0 Å². The molecule has 0 radical (unpaired) electrons. The van der Waals surface area contributed by atoms with Gasteiger partial charge in [-0.1, -0.05) is 35.9 Å². The lowest BCUT2D eigenvalue weighted by atomic mass is 9.95. The van der Waals surface area contributed by atoms with Crippen LogP contribution >= 0.6 is 27.5 Å². The van der Waals surface area contributed by atoms with Gasteiger partial charge in [0.25, 0.3) is 0 Å². The van der Waals surface area contributed by atoms with Gasteiger partial charge in [0.1, 0.15) is 5.82 Å². The smallest absolute Gasteiger partial charge is 0.142 e. The van der Waals surface area contributed by atoms with Gasteiger partial charge in [0.05, 0.1) is 10.5 Å². The van der Waals surface area contributed by atoms with Crippen LogP contribution in [-0.2, 0) is 0 Å². The lowest BCUT2D eigenvalue weighted by molar-refractivity contribution is 0.593. The Morgan fingerprint density at radius 2 is 1.78 bits per heavy atom. The fourth-order valence-corrected chi connectivity index (χ4v) is 2.45. The van der Waals surface area contributed by atoms with E-state index in [-0.39, 0.29) is 5.82 Å². The van der Waals surface area contributed by atoms with Crippen LogP contribution in [0.2, 0.25) is 5.02 Å². The van der Waals surface area contributed by atoms with E-state index in [9.17, 15) is 4.39 Å². The molecule has 2 aromatic carbocycles. The second kappa shape index (κ2) is 5.39. The predicted octanol–water partition coefficient (Wildman–Crippen LogP) is 4.60. The molecule has 0 amide bonds. The molecule has 0 bridgehead atoms. The highest BCUT2D eigenvalue weighted by Crippen LogP contribution is 2.30. The first kappa shape index (κ1) is 13.5. The van der Waals surface area contributed by atoms with Crippen molar-refractivity contribution < 1.29 is 4.39 Å². The highest BCUT2D eigenvalue weighted by molar-refractivity contribution is 9.10. The minimum atomic E-state index is -0.527. The van der Waals surface area contributed by atoms with Gasteiger partial charge in [-0.3, -0.25) is 0 Å². The van der Waals surface area contributed by atoms with Crippen LogP contribution in [0.1, 0.15) is 22.7 Å². The van der Waals surface area contributed by atoms with Gasteiger partial charge < -0.3 is 5.73 Å². The van der Waals surface area contributed by atoms with E-state index in [1.165, 1.54) is 0 Å². The molecule has 0 aromatic heterocycles. The van der Waals surface area contributed by atoms with E-state index in [1.807, 2.05) is 19.1 Å². The molecule has 0 aliphatic rings. The third-order valence-electron chi connectivity index (χ3n) is 2.96. The van der Waals surface area contributed by atoms with Crippen LogP contribution in [0.3, 0.4) is 0 Å². The van der Waals surface area contributed by atoms with Gasteiger partial charge in [-0.25, -0.2) is 4.39 Å². The van der Waals surface area contributed by atoms with Gasteiger partial charge in [0, 0.05) is 10.6 Å². The first-order valence-corrected chi connectivity index (χ1v) is 6.64. The molecule has 4 heteroatoms. The SMILES string of the molecule is Cc1c(Cl)cccc1C(N)c1cccc(Br)c1F. The molecule has 2 aromatic rings. The van der Waals surface area contributed by atoms with Crippen LogP contribution in [0.4, 0.5) is 4.39 Å². The molecule has 0 spiro atoms. The molecule has 0 heterocycles. The average molecular weight is 329 g/mol. The number of benzene rings is 2. The van der Waals surface area contributed by atoms with Crippen molar-refractivity contribution in [3.05, 3.63) is 68.4 Å². The molecular weight excluding hydrogens is 317 g/mol. The zero-order chi connectivity index (χ0) is 13.3. The summed E-state index contributed by atoms with van der Waals surface area (Å²) in [4.78, 5) is 0. The van der Waals surface area contributed by atoms with Crippen molar-refractivity contribution in [3.63, 3.8) is 0 Å². The van der Waals surface area contributed by atoms with Crippen molar-refractivity contribution in [1.29, 1.82) is 0 Å². The monoisotopic (exact) mass is 327 g/mol. The third kappa shape index (κ3) is 2.44. The Morgan fingerprint density at radius 1 is 1.17 bits per heavy atom. The number of hydrogen-bond donors (Lipinski definition) is 1. The lowest BCUT2D eigenvalue weighted by Gasteiger charge is -2.17. The zero-order valence-corrected chi connectivity index (χ0v) is 12.1. The molecule has 0 saturated heterocycles. The second-order valence-electron chi connectivity index (χ2n) is 4.07. The summed E-state index contributed by atoms with van der Waals surface area (Å²) in [5.74, 6) is -0.329. The predicted molar refractivity (Wildman–Crippen MR) is 76.3 cm³/mol. The maximum Gasteiger partial charge on any atom is 0.142 e. The Hall–Kier alpha value is -0.900. The van der Waals surface area contributed by atoms with E-state index in [0.717, 1.165) is 11.1 Å². The Bertz CT molecular complexity index is 535. The number of halogens is 3. The molecule has 1 unspecified atom stereocenters. The van der Waals surface area contributed by atoms with Crippen molar-refractivity contribution in [2.75, 3.05) is 0 Å². The molecular formula is C14H12BrClFN. The normalized spacial score (nSPS) is 12.5. The molecule has 1 nitrogen and oxygen atoms in total. The maximum atomic E-state index is 14.0. The fraction of sp³-hybridized carbons (Fsp3) is 0.143. The minimum Gasteiger partial charge on any atom is -0.320 e. The first-order valence-electron chi connectivity index (χ1n) is 5.47. The number of hydrogen-bond acceptors (Lipinski definition) is 1.